The van der Waals surface area contributed by atoms with Gasteiger partial charge in [0.25, 0.3) is 5.91 Å². The molecule has 1 atom stereocenters. The van der Waals surface area contributed by atoms with Crippen LogP contribution in [0.1, 0.15) is 4.88 Å². The van der Waals surface area contributed by atoms with E-state index in [2.05, 4.69) is 9.60 Å². The molecule has 1 aliphatic rings. The van der Waals surface area contributed by atoms with Gasteiger partial charge < -0.3 is 5.32 Å². The molecule has 1 aromatic rings. The molecule has 2 N–H and O–H groups in total. The highest BCUT2D eigenvalue weighted by molar-refractivity contribution is 7.80. The zero-order valence-electron chi connectivity index (χ0n) is 9.48. The van der Waals surface area contributed by atoms with Crippen molar-refractivity contribution in [3.05, 3.63) is 22.4 Å². The van der Waals surface area contributed by atoms with Crippen molar-refractivity contribution in [1.29, 1.82) is 0 Å². The number of β-lactam (4-membered cyclic amide) rings is 1. The fraction of sp³-hybridized carbons (Fsp3) is 0.333. The van der Waals surface area contributed by atoms with E-state index in [1.165, 1.54) is 11.3 Å². The first-order valence-electron chi connectivity index (χ1n) is 5.15. The second-order valence-corrected chi connectivity index (χ2v) is 5.81. The summed E-state index contributed by atoms with van der Waals surface area (Å²) < 4.78 is 33.1. The van der Waals surface area contributed by atoms with E-state index in [9.17, 15) is 18.0 Å². The summed E-state index contributed by atoms with van der Waals surface area (Å²) in [6.45, 7) is -0.130. The Hall–Kier alpha value is -1.49. The van der Waals surface area contributed by atoms with Crippen molar-refractivity contribution in [3.8, 4) is 0 Å². The van der Waals surface area contributed by atoms with Crippen LogP contribution in [-0.4, -0.2) is 42.4 Å². The molecule has 0 bridgehead atoms. The Balaban J connectivity index is 1.80. The highest BCUT2D eigenvalue weighted by Crippen LogP contribution is 2.14. The van der Waals surface area contributed by atoms with Gasteiger partial charge in [-0.05, 0) is 11.4 Å². The maximum Gasteiger partial charge on any atom is 0.418 e. The summed E-state index contributed by atoms with van der Waals surface area (Å²) in [6, 6.07) is 2.78. The molecule has 1 fully saturated rings. The van der Waals surface area contributed by atoms with Gasteiger partial charge in [0.2, 0.25) is 5.91 Å². The lowest BCUT2D eigenvalue weighted by Crippen LogP contribution is -2.64. The van der Waals surface area contributed by atoms with Crippen molar-refractivity contribution in [1.82, 2.24) is 10.4 Å². The van der Waals surface area contributed by atoms with Crippen LogP contribution in [0.25, 0.3) is 0 Å². The van der Waals surface area contributed by atoms with Crippen molar-refractivity contribution >= 4 is 33.6 Å². The smallest absolute Gasteiger partial charge is 0.342 e. The van der Waals surface area contributed by atoms with E-state index in [0.29, 0.717) is 5.06 Å². The number of carbonyl (C=O) groups excluding carboxylic acids is 2. The van der Waals surface area contributed by atoms with E-state index in [1.54, 1.807) is 6.07 Å². The largest absolute Gasteiger partial charge is 0.418 e. The molecule has 0 aliphatic carbocycles. The van der Waals surface area contributed by atoms with Crippen LogP contribution < -0.4 is 5.32 Å². The number of thiophene rings is 1. The number of hydrogen-bond donors (Lipinski definition) is 2. The normalized spacial score (nSPS) is 19.1. The van der Waals surface area contributed by atoms with Gasteiger partial charge >= 0.3 is 10.4 Å². The van der Waals surface area contributed by atoms with Crippen LogP contribution in [0.3, 0.4) is 0 Å². The number of carbonyl (C=O) groups is 2. The van der Waals surface area contributed by atoms with Gasteiger partial charge in [-0.25, -0.2) is 0 Å². The molecule has 0 spiro atoms. The summed E-state index contributed by atoms with van der Waals surface area (Å²) in [4.78, 5) is 23.8. The summed E-state index contributed by atoms with van der Waals surface area (Å²) >= 11 is 1.42. The predicted octanol–water partition coefficient (Wildman–Crippen LogP) is -0.648. The summed E-state index contributed by atoms with van der Waals surface area (Å²) in [5, 5.41) is 4.74. The maximum atomic E-state index is 11.6. The zero-order chi connectivity index (χ0) is 14.0. The van der Waals surface area contributed by atoms with Crippen LogP contribution in [0.4, 0.5) is 0 Å². The van der Waals surface area contributed by atoms with Crippen LogP contribution in [0.15, 0.2) is 17.5 Å². The number of nitrogens with one attached hydrogen (secondary N) is 1. The van der Waals surface area contributed by atoms with Crippen LogP contribution in [0, 0.1) is 0 Å². The molecule has 1 aromatic heterocycles. The third-order valence-electron chi connectivity index (χ3n) is 2.33. The molecule has 1 unspecified atom stereocenters. The Labute approximate surface area is 112 Å². The second-order valence-electron chi connectivity index (χ2n) is 3.78. The second kappa shape index (κ2) is 5.25. The molecule has 19 heavy (non-hydrogen) atoms. The van der Waals surface area contributed by atoms with Gasteiger partial charge in [-0.3, -0.25) is 14.1 Å². The van der Waals surface area contributed by atoms with Crippen LogP contribution >= 0.6 is 11.3 Å². The standard InChI is InChI=1S/C9H10N2O6S2/c12-8(4-6-2-1-3-18-6)10-7-5-11(9(7)13)17-19(14,15)16/h1-3,7H,4-5H2,(H,10,12)(H,14,15,16). The Morgan fingerprint density at radius 3 is 2.89 bits per heavy atom. The lowest BCUT2D eigenvalue weighted by Gasteiger charge is -2.35. The third kappa shape index (κ3) is 3.73. The molecule has 2 heterocycles. The first kappa shape index (κ1) is 13.9. The number of rotatable bonds is 5. The lowest BCUT2D eigenvalue weighted by atomic mass is 10.1. The number of hydroxylamine groups is 2. The molecular weight excluding hydrogens is 296 g/mol. The zero-order valence-corrected chi connectivity index (χ0v) is 11.1. The van der Waals surface area contributed by atoms with Gasteiger partial charge in [-0.2, -0.15) is 13.5 Å². The van der Waals surface area contributed by atoms with Crippen molar-refractivity contribution in [3.63, 3.8) is 0 Å². The topological polar surface area (TPSA) is 113 Å². The molecule has 104 valence electrons. The van der Waals surface area contributed by atoms with Crippen molar-refractivity contribution in [2.24, 2.45) is 0 Å². The summed E-state index contributed by atoms with van der Waals surface area (Å²) in [5.74, 6) is -1.07. The van der Waals surface area contributed by atoms with E-state index in [4.69, 9.17) is 4.55 Å². The van der Waals surface area contributed by atoms with Gasteiger partial charge in [0.1, 0.15) is 6.04 Å². The first-order valence-corrected chi connectivity index (χ1v) is 7.40. The molecule has 0 radical (unpaired) electrons. The molecule has 2 amide bonds. The van der Waals surface area contributed by atoms with E-state index >= 15 is 0 Å². The maximum absolute atomic E-state index is 11.6. The first-order chi connectivity index (χ1) is 8.85. The minimum absolute atomic E-state index is 0.130. The molecule has 0 aromatic carbocycles. The van der Waals surface area contributed by atoms with Crippen molar-refractivity contribution in [2.45, 2.75) is 12.5 Å². The number of nitrogens with zero attached hydrogens (tertiary/aromatic N) is 1. The Bertz CT molecular complexity index is 582. The number of hydrogen-bond acceptors (Lipinski definition) is 6. The fourth-order valence-electron chi connectivity index (χ4n) is 1.50. The summed E-state index contributed by atoms with van der Waals surface area (Å²) in [7, 11) is -4.72. The Morgan fingerprint density at radius 1 is 1.63 bits per heavy atom. The van der Waals surface area contributed by atoms with E-state index < -0.39 is 22.3 Å². The van der Waals surface area contributed by atoms with E-state index in [1.807, 2.05) is 11.4 Å². The fourth-order valence-corrected chi connectivity index (χ4v) is 2.57. The van der Waals surface area contributed by atoms with Crippen LogP contribution in [0.5, 0.6) is 0 Å². The molecule has 2 rings (SSSR count). The van der Waals surface area contributed by atoms with Gasteiger partial charge in [-0.15, -0.1) is 15.6 Å². The summed E-state index contributed by atoms with van der Waals surface area (Å²) in [5.41, 5.74) is 0. The Kier molecular flexibility index (Phi) is 3.85. The summed E-state index contributed by atoms with van der Waals surface area (Å²) in [6.07, 6.45) is 0.153. The van der Waals surface area contributed by atoms with Gasteiger partial charge in [-0.1, -0.05) is 6.07 Å². The average Bonchev–Trinajstić information content (AvgIpc) is 2.78. The van der Waals surface area contributed by atoms with Gasteiger partial charge in [0.05, 0.1) is 13.0 Å². The average molecular weight is 306 g/mol. The molecule has 8 nitrogen and oxygen atoms in total. The lowest BCUT2D eigenvalue weighted by molar-refractivity contribution is -0.182. The van der Waals surface area contributed by atoms with Crippen molar-refractivity contribution < 1.29 is 26.8 Å². The highest BCUT2D eigenvalue weighted by atomic mass is 32.3. The number of amides is 2. The highest BCUT2D eigenvalue weighted by Gasteiger charge is 2.41. The molecule has 10 heteroatoms. The van der Waals surface area contributed by atoms with Crippen molar-refractivity contribution in [2.75, 3.05) is 6.54 Å². The SMILES string of the molecule is O=C(Cc1cccs1)NC1CN(OS(=O)(=O)O)C1=O. The molecule has 1 aliphatic heterocycles. The quantitative estimate of drug-likeness (QED) is 0.552. The predicted molar refractivity (Wildman–Crippen MR) is 64.3 cm³/mol. The van der Waals surface area contributed by atoms with E-state index in [-0.39, 0.29) is 18.9 Å². The van der Waals surface area contributed by atoms with Gasteiger partial charge in [0, 0.05) is 4.88 Å². The van der Waals surface area contributed by atoms with Crippen LogP contribution in [0.2, 0.25) is 0 Å². The van der Waals surface area contributed by atoms with Gasteiger partial charge in [0.15, 0.2) is 0 Å². The monoisotopic (exact) mass is 306 g/mol. The Morgan fingerprint density at radius 2 is 2.37 bits per heavy atom. The van der Waals surface area contributed by atoms with Crippen LogP contribution in [-0.2, 0) is 30.7 Å². The molecule has 0 saturated carbocycles. The minimum Gasteiger partial charge on any atom is -0.342 e. The molecule has 1 saturated heterocycles. The third-order valence-corrected chi connectivity index (χ3v) is 3.57. The molecular formula is C9H10N2O6S2. The minimum atomic E-state index is -4.72. The van der Waals surface area contributed by atoms with E-state index in [0.717, 1.165) is 4.88 Å².